The fourth-order valence-corrected chi connectivity index (χ4v) is 2.74. The van der Waals surface area contributed by atoms with Crippen LogP contribution < -0.4 is 22.3 Å². The minimum absolute atomic E-state index is 0.168. The summed E-state index contributed by atoms with van der Waals surface area (Å²) in [7, 11) is -4.01. The van der Waals surface area contributed by atoms with Gasteiger partial charge < -0.3 is 11.5 Å². The molecule has 0 aromatic heterocycles. The number of hydrogen-bond donors (Lipinski definition) is 5. The highest BCUT2D eigenvalue weighted by atomic mass is 32.2. The first-order chi connectivity index (χ1) is 11.6. The molecule has 0 bridgehead atoms. The van der Waals surface area contributed by atoms with Crippen molar-refractivity contribution in [1.29, 1.82) is 0 Å². The number of nitrogens with one attached hydrogen (secondary N) is 2. The fourth-order valence-electron chi connectivity index (χ4n) is 2.24. The smallest absolute Gasteiger partial charge is 0.264 e. The molecule has 0 aliphatic rings. The van der Waals surface area contributed by atoms with Gasteiger partial charge in [0.25, 0.3) is 10.1 Å². The van der Waals surface area contributed by atoms with E-state index in [2.05, 4.69) is 10.9 Å². The molecule has 0 amide bonds. The Bertz CT molecular complexity index is 510. The van der Waals surface area contributed by atoms with Crippen LogP contribution in [-0.2, 0) is 19.7 Å². The zero-order valence-electron chi connectivity index (χ0n) is 15.0. The van der Waals surface area contributed by atoms with Crippen molar-refractivity contribution in [3.63, 3.8) is 0 Å². The van der Waals surface area contributed by atoms with Gasteiger partial charge in [0.05, 0.1) is 17.8 Å². The van der Waals surface area contributed by atoms with E-state index in [1.54, 1.807) is 0 Å². The quantitative estimate of drug-likeness (QED) is 0.108. The summed E-state index contributed by atoms with van der Waals surface area (Å²) in [6, 6.07) is -1.58. The van der Waals surface area contributed by atoms with Crippen molar-refractivity contribution in [2.24, 2.45) is 17.4 Å². The van der Waals surface area contributed by atoms with Crippen molar-refractivity contribution in [3.05, 3.63) is 0 Å². The van der Waals surface area contributed by atoms with Crippen LogP contribution in [0.2, 0.25) is 0 Å². The second-order valence-electron chi connectivity index (χ2n) is 6.51. The molecule has 10 heteroatoms. The Balaban J connectivity index is 4.52. The lowest BCUT2D eigenvalue weighted by atomic mass is 9.94. The Morgan fingerprint density at radius 1 is 1.12 bits per heavy atom. The summed E-state index contributed by atoms with van der Waals surface area (Å²) in [5.41, 5.74) is 16.7. The van der Waals surface area contributed by atoms with E-state index in [1.165, 1.54) is 0 Å². The second-order valence-corrected chi connectivity index (χ2v) is 8.08. The van der Waals surface area contributed by atoms with Crippen molar-refractivity contribution in [1.82, 2.24) is 10.9 Å². The van der Waals surface area contributed by atoms with E-state index < -0.39 is 33.8 Å². The summed E-state index contributed by atoms with van der Waals surface area (Å²) in [4.78, 5) is 24.6. The predicted octanol–water partition coefficient (Wildman–Crippen LogP) is -0.632. The highest BCUT2D eigenvalue weighted by molar-refractivity contribution is 7.85. The molecule has 148 valence electrons. The van der Waals surface area contributed by atoms with Crippen LogP contribution in [0.15, 0.2) is 0 Å². The summed E-state index contributed by atoms with van der Waals surface area (Å²) < 4.78 is 29.9. The number of Topliss-reactive ketones (excluding diaryl/α,β-unsaturated/α-hetero) is 2. The lowest BCUT2D eigenvalue weighted by molar-refractivity contribution is -0.139. The zero-order valence-corrected chi connectivity index (χ0v) is 15.8. The Labute approximate surface area is 150 Å². The Hall–Kier alpha value is -0.910. The Morgan fingerprint density at radius 3 is 2.28 bits per heavy atom. The van der Waals surface area contributed by atoms with Crippen molar-refractivity contribution < 1.29 is 22.6 Å². The number of hydrazine groups is 1. The third-order valence-electron chi connectivity index (χ3n) is 3.55. The molecule has 0 aromatic carbocycles. The monoisotopic (exact) mass is 380 g/mol. The lowest BCUT2D eigenvalue weighted by Crippen LogP contribution is -2.51. The molecule has 0 fully saturated rings. The molecule has 0 aliphatic heterocycles. The zero-order chi connectivity index (χ0) is 19.5. The van der Waals surface area contributed by atoms with Gasteiger partial charge in [-0.05, 0) is 38.1 Å². The average molecular weight is 381 g/mol. The molecular weight excluding hydrogens is 348 g/mol. The first-order valence-corrected chi connectivity index (χ1v) is 10.2. The van der Waals surface area contributed by atoms with E-state index in [4.69, 9.17) is 16.0 Å². The van der Waals surface area contributed by atoms with Gasteiger partial charge in [-0.2, -0.15) is 8.42 Å². The maximum Gasteiger partial charge on any atom is 0.264 e. The van der Waals surface area contributed by atoms with Gasteiger partial charge >= 0.3 is 0 Å². The van der Waals surface area contributed by atoms with Crippen molar-refractivity contribution >= 4 is 21.7 Å². The van der Waals surface area contributed by atoms with Crippen LogP contribution in [0.3, 0.4) is 0 Å². The highest BCUT2D eigenvalue weighted by Crippen LogP contribution is 2.08. The first kappa shape index (κ1) is 24.1. The van der Waals surface area contributed by atoms with Crippen LogP contribution in [-0.4, -0.2) is 55.5 Å². The molecule has 0 aliphatic carbocycles. The number of unbranched alkanes of at least 4 members (excludes halogenated alkanes) is 1. The van der Waals surface area contributed by atoms with Crippen LogP contribution in [0.25, 0.3) is 0 Å². The van der Waals surface area contributed by atoms with Gasteiger partial charge in [-0.3, -0.25) is 19.6 Å². The van der Waals surface area contributed by atoms with Gasteiger partial charge in [0.2, 0.25) is 11.6 Å². The molecule has 2 atom stereocenters. The molecule has 0 radical (unpaired) electrons. The summed E-state index contributed by atoms with van der Waals surface area (Å²) in [5, 5.41) is 0. The Morgan fingerprint density at radius 2 is 1.76 bits per heavy atom. The third kappa shape index (κ3) is 12.1. The number of ketones is 2. The molecule has 0 saturated heterocycles. The van der Waals surface area contributed by atoms with E-state index in [0.29, 0.717) is 25.8 Å². The molecule has 0 aromatic rings. The maximum absolute atomic E-state index is 12.4. The lowest BCUT2D eigenvalue weighted by Gasteiger charge is -2.21. The molecule has 7 N–H and O–H groups in total. The molecular formula is C15H32N4O5S. The third-order valence-corrected chi connectivity index (χ3v) is 4.36. The summed E-state index contributed by atoms with van der Waals surface area (Å²) in [5.74, 6) is -1.41. The van der Waals surface area contributed by atoms with Gasteiger partial charge in [0, 0.05) is 6.54 Å². The van der Waals surface area contributed by atoms with E-state index in [0.717, 1.165) is 6.42 Å². The minimum Gasteiger partial charge on any atom is -0.330 e. The summed E-state index contributed by atoms with van der Waals surface area (Å²) in [6.45, 7) is 4.58. The van der Waals surface area contributed by atoms with Gasteiger partial charge in [0.15, 0.2) is 0 Å². The molecule has 0 unspecified atom stereocenters. The SMILES string of the molecule is CC(C)C[C@H](NNCCCS(=O)(=O)O)C(=O)C(=O)[C@@H](N)CCCCN. The topological polar surface area (TPSA) is 165 Å². The minimum atomic E-state index is -4.01. The largest absolute Gasteiger partial charge is 0.330 e. The molecule has 0 saturated carbocycles. The number of rotatable bonds is 15. The first-order valence-electron chi connectivity index (χ1n) is 8.55. The standard InChI is InChI=1S/C15H32N4O5S/c1-11(2)10-13(19-18-8-5-9-25(22,23)24)15(21)14(20)12(17)6-3-4-7-16/h11-13,18-19H,3-10,16-17H2,1-2H3,(H,22,23,24)/t12-,13-/m0/s1. The van der Waals surface area contributed by atoms with Gasteiger partial charge in [-0.15, -0.1) is 0 Å². The van der Waals surface area contributed by atoms with E-state index in [9.17, 15) is 18.0 Å². The van der Waals surface area contributed by atoms with Gasteiger partial charge in [-0.25, -0.2) is 5.43 Å². The van der Waals surface area contributed by atoms with Crippen LogP contribution in [0.5, 0.6) is 0 Å². The highest BCUT2D eigenvalue weighted by Gasteiger charge is 2.29. The van der Waals surface area contributed by atoms with E-state index in [1.807, 2.05) is 13.8 Å². The second kappa shape index (κ2) is 12.4. The Kier molecular flexibility index (Phi) is 12.0. The maximum atomic E-state index is 12.4. The number of carbonyl (C=O) groups is 2. The number of nitrogens with two attached hydrogens (primary N) is 2. The fraction of sp³-hybridized carbons (Fsp3) is 0.867. The van der Waals surface area contributed by atoms with Crippen LogP contribution in [0, 0.1) is 5.92 Å². The predicted molar refractivity (Wildman–Crippen MR) is 96.3 cm³/mol. The average Bonchev–Trinajstić information content (AvgIpc) is 2.50. The number of carbonyl (C=O) groups excluding carboxylic acids is 2. The van der Waals surface area contributed by atoms with Crippen molar-refractivity contribution in [2.45, 2.75) is 58.0 Å². The van der Waals surface area contributed by atoms with Gasteiger partial charge in [0.1, 0.15) is 0 Å². The van der Waals surface area contributed by atoms with E-state index in [-0.39, 0.29) is 24.6 Å². The van der Waals surface area contributed by atoms with Crippen LogP contribution in [0.4, 0.5) is 0 Å². The molecule has 0 rings (SSSR count). The van der Waals surface area contributed by atoms with Gasteiger partial charge in [-0.1, -0.05) is 20.3 Å². The molecule has 25 heavy (non-hydrogen) atoms. The molecule has 9 nitrogen and oxygen atoms in total. The van der Waals surface area contributed by atoms with E-state index >= 15 is 0 Å². The van der Waals surface area contributed by atoms with Crippen molar-refractivity contribution in [2.75, 3.05) is 18.8 Å². The molecule has 0 spiro atoms. The van der Waals surface area contributed by atoms with Crippen LogP contribution in [0.1, 0.15) is 46.0 Å². The van der Waals surface area contributed by atoms with Crippen LogP contribution >= 0.6 is 0 Å². The summed E-state index contributed by atoms with van der Waals surface area (Å²) in [6.07, 6.45) is 2.45. The molecule has 0 heterocycles. The van der Waals surface area contributed by atoms with Crippen molar-refractivity contribution in [3.8, 4) is 0 Å². The normalized spacial score (nSPS) is 14.5. The number of hydrogen-bond acceptors (Lipinski definition) is 8. The summed E-state index contributed by atoms with van der Waals surface area (Å²) >= 11 is 0.